The lowest BCUT2D eigenvalue weighted by Gasteiger charge is -2.33. The molecule has 170 valence electrons. The summed E-state index contributed by atoms with van der Waals surface area (Å²) in [6, 6.07) is 28.8. The molecular weight excluding hydrogens is 410 g/mol. The number of likely N-dealkylation sites (tertiary alicyclic amines) is 1. The summed E-state index contributed by atoms with van der Waals surface area (Å²) >= 11 is 0. The molecule has 0 aromatic heterocycles. The van der Waals surface area contributed by atoms with E-state index in [2.05, 4.69) is 39.8 Å². The average molecular weight is 442 g/mol. The van der Waals surface area contributed by atoms with Crippen molar-refractivity contribution in [3.05, 3.63) is 108 Å². The monoisotopic (exact) mass is 441 g/mol. The maximum absolute atomic E-state index is 13.2. The third kappa shape index (κ3) is 6.77. The van der Waals surface area contributed by atoms with Gasteiger partial charge in [-0.1, -0.05) is 78.9 Å². The van der Waals surface area contributed by atoms with E-state index in [1.807, 2.05) is 54.6 Å². The lowest BCUT2D eigenvalue weighted by Crippen LogP contribution is -2.52. The molecular formula is C28H31N3O2. The number of benzene rings is 3. The maximum Gasteiger partial charge on any atom is 0.251 e. The van der Waals surface area contributed by atoms with Gasteiger partial charge >= 0.3 is 0 Å². The van der Waals surface area contributed by atoms with E-state index in [0.717, 1.165) is 38.0 Å². The number of piperidine rings is 1. The highest BCUT2D eigenvalue weighted by molar-refractivity contribution is 5.97. The summed E-state index contributed by atoms with van der Waals surface area (Å²) in [5.41, 5.74) is 2.88. The molecule has 33 heavy (non-hydrogen) atoms. The molecule has 2 N–H and O–H groups in total. The van der Waals surface area contributed by atoms with Crippen LogP contribution in [0.2, 0.25) is 0 Å². The van der Waals surface area contributed by atoms with Gasteiger partial charge in [0.05, 0.1) is 0 Å². The second-order valence-electron chi connectivity index (χ2n) is 8.63. The van der Waals surface area contributed by atoms with E-state index < -0.39 is 6.04 Å². The standard InChI is InChI=1S/C28H31N3O2/c32-27(24-14-8-3-9-15-24)30-26(20-22-10-4-1-5-11-22)28(33)29-25-16-18-31(19-17-25)21-23-12-6-2-7-13-23/h1-15,25-26H,16-21H2,(H,29,33)(H,30,32). The van der Waals surface area contributed by atoms with Crippen molar-refractivity contribution in [3.8, 4) is 0 Å². The molecule has 1 atom stereocenters. The van der Waals surface area contributed by atoms with Gasteiger partial charge in [0, 0.05) is 37.7 Å². The van der Waals surface area contributed by atoms with E-state index in [4.69, 9.17) is 0 Å². The minimum absolute atomic E-state index is 0.121. The van der Waals surface area contributed by atoms with Crippen molar-refractivity contribution in [3.63, 3.8) is 0 Å². The number of amides is 2. The summed E-state index contributed by atoms with van der Waals surface area (Å²) in [7, 11) is 0. The summed E-state index contributed by atoms with van der Waals surface area (Å²) in [5.74, 6) is -0.353. The van der Waals surface area contributed by atoms with Crippen molar-refractivity contribution in [2.24, 2.45) is 0 Å². The van der Waals surface area contributed by atoms with Gasteiger partial charge in [-0.05, 0) is 36.1 Å². The summed E-state index contributed by atoms with van der Waals surface area (Å²) < 4.78 is 0. The van der Waals surface area contributed by atoms with Gasteiger partial charge in [0.2, 0.25) is 5.91 Å². The first-order valence-corrected chi connectivity index (χ1v) is 11.6. The number of nitrogens with one attached hydrogen (secondary N) is 2. The van der Waals surface area contributed by atoms with Crippen molar-refractivity contribution in [1.82, 2.24) is 15.5 Å². The first kappa shape index (κ1) is 22.7. The van der Waals surface area contributed by atoms with Crippen LogP contribution in [0.15, 0.2) is 91.0 Å². The fourth-order valence-corrected chi connectivity index (χ4v) is 4.27. The van der Waals surface area contributed by atoms with Gasteiger partial charge in [0.25, 0.3) is 5.91 Å². The molecule has 1 saturated heterocycles. The lowest BCUT2D eigenvalue weighted by molar-refractivity contribution is -0.124. The highest BCUT2D eigenvalue weighted by atomic mass is 16.2. The van der Waals surface area contributed by atoms with Crippen molar-refractivity contribution in [2.75, 3.05) is 13.1 Å². The largest absolute Gasteiger partial charge is 0.351 e. The molecule has 1 aliphatic rings. The molecule has 1 aliphatic heterocycles. The zero-order chi connectivity index (χ0) is 22.9. The Morgan fingerprint density at radius 3 is 1.94 bits per heavy atom. The fraction of sp³-hybridized carbons (Fsp3) is 0.286. The number of carbonyl (C=O) groups is 2. The highest BCUT2D eigenvalue weighted by Gasteiger charge is 2.26. The average Bonchev–Trinajstić information content (AvgIpc) is 2.86. The van der Waals surface area contributed by atoms with Gasteiger partial charge in [-0.2, -0.15) is 0 Å². The zero-order valence-corrected chi connectivity index (χ0v) is 18.8. The fourth-order valence-electron chi connectivity index (χ4n) is 4.27. The minimum atomic E-state index is -0.623. The van der Waals surface area contributed by atoms with Gasteiger partial charge in [-0.3, -0.25) is 14.5 Å². The Bertz CT molecular complexity index is 1020. The van der Waals surface area contributed by atoms with Crippen LogP contribution in [0.5, 0.6) is 0 Å². The normalized spacial score (nSPS) is 15.5. The molecule has 3 aromatic carbocycles. The number of hydrogen-bond donors (Lipinski definition) is 2. The van der Waals surface area contributed by atoms with E-state index >= 15 is 0 Å². The Hall–Kier alpha value is -3.44. The van der Waals surface area contributed by atoms with Gasteiger partial charge < -0.3 is 10.6 Å². The number of hydrogen-bond acceptors (Lipinski definition) is 3. The number of carbonyl (C=O) groups excluding carboxylic acids is 2. The van der Waals surface area contributed by atoms with E-state index in [1.54, 1.807) is 12.1 Å². The van der Waals surface area contributed by atoms with Crippen molar-refractivity contribution in [1.29, 1.82) is 0 Å². The van der Waals surface area contributed by atoms with Crippen LogP contribution in [0.3, 0.4) is 0 Å². The van der Waals surface area contributed by atoms with Crippen LogP contribution < -0.4 is 10.6 Å². The Morgan fingerprint density at radius 2 is 1.33 bits per heavy atom. The zero-order valence-electron chi connectivity index (χ0n) is 18.8. The molecule has 1 fully saturated rings. The molecule has 0 saturated carbocycles. The molecule has 0 radical (unpaired) electrons. The van der Waals surface area contributed by atoms with Crippen LogP contribution in [0.25, 0.3) is 0 Å². The van der Waals surface area contributed by atoms with E-state index in [1.165, 1.54) is 5.56 Å². The summed E-state index contributed by atoms with van der Waals surface area (Å²) in [6.07, 6.45) is 2.27. The molecule has 5 heteroatoms. The van der Waals surface area contributed by atoms with Crippen LogP contribution in [0.1, 0.15) is 34.3 Å². The van der Waals surface area contributed by atoms with E-state index in [9.17, 15) is 9.59 Å². The van der Waals surface area contributed by atoms with Crippen LogP contribution in [-0.2, 0) is 17.8 Å². The predicted molar refractivity (Wildman–Crippen MR) is 131 cm³/mol. The lowest BCUT2D eigenvalue weighted by atomic mass is 10.0. The number of rotatable bonds is 8. The topological polar surface area (TPSA) is 61.4 Å². The molecule has 2 amide bonds. The molecule has 0 aliphatic carbocycles. The van der Waals surface area contributed by atoms with Crippen LogP contribution >= 0.6 is 0 Å². The third-order valence-electron chi connectivity index (χ3n) is 6.12. The van der Waals surface area contributed by atoms with Crippen LogP contribution in [0.4, 0.5) is 0 Å². The first-order chi connectivity index (χ1) is 16.2. The van der Waals surface area contributed by atoms with Crippen molar-refractivity contribution >= 4 is 11.8 Å². The molecule has 4 rings (SSSR count). The second-order valence-corrected chi connectivity index (χ2v) is 8.63. The highest BCUT2D eigenvalue weighted by Crippen LogP contribution is 2.15. The van der Waals surface area contributed by atoms with Crippen LogP contribution in [0, 0.1) is 0 Å². The Kier molecular flexibility index (Phi) is 7.88. The predicted octanol–water partition coefficient (Wildman–Crippen LogP) is 3.81. The smallest absolute Gasteiger partial charge is 0.251 e. The van der Waals surface area contributed by atoms with E-state index in [-0.39, 0.29) is 17.9 Å². The van der Waals surface area contributed by atoms with Gasteiger partial charge in [-0.15, -0.1) is 0 Å². The summed E-state index contributed by atoms with van der Waals surface area (Å²) in [6.45, 7) is 2.82. The first-order valence-electron chi connectivity index (χ1n) is 11.6. The molecule has 0 spiro atoms. The van der Waals surface area contributed by atoms with Gasteiger partial charge in [0.15, 0.2) is 0 Å². The molecule has 3 aromatic rings. The number of nitrogens with zero attached hydrogens (tertiary/aromatic N) is 1. The van der Waals surface area contributed by atoms with Crippen LogP contribution in [-0.4, -0.2) is 41.9 Å². The van der Waals surface area contributed by atoms with Crippen molar-refractivity contribution in [2.45, 2.75) is 37.9 Å². The SMILES string of the molecule is O=C(NC(Cc1ccccc1)C(=O)NC1CCN(Cc2ccccc2)CC1)c1ccccc1. The van der Waals surface area contributed by atoms with Gasteiger partial charge in [0.1, 0.15) is 6.04 Å². The second kappa shape index (κ2) is 11.4. The summed E-state index contributed by atoms with van der Waals surface area (Å²) in [4.78, 5) is 28.4. The molecule has 1 heterocycles. The van der Waals surface area contributed by atoms with Gasteiger partial charge in [-0.25, -0.2) is 0 Å². The Morgan fingerprint density at radius 1 is 0.788 bits per heavy atom. The molecule has 1 unspecified atom stereocenters. The summed E-state index contributed by atoms with van der Waals surface area (Å²) in [5, 5.41) is 6.15. The quantitative estimate of drug-likeness (QED) is 0.559. The molecule has 5 nitrogen and oxygen atoms in total. The Labute approximate surface area is 195 Å². The van der Waals surface area contributed by atoms with E-state index in [0.29, 0.717) is 12.0 Å². The third-order valence-corrected chi connectivity index (χ3v) is 6.12. The minimum Gasteiger partial charge on any atom is -0.351 e. The van der Waals surface area contributed by atoms with Crippen molar-refractivity contribution < 1.29 is 9.59 Å². The Balaban J connectivity index is 1.35. The molecule has 0 bridgehead atoms. The maximum atomic E-state index is 13.2.